The summed E-state index contributed by atoms with van der Waals surface area (Å²) in [4.78, 5) is 0. The van der Waals surface area contributed by atoms with Gasteiger partial charge < -0.3 is 0 Å². The standard InChI is InChI=1S/C48H32/c1-3-14-33(15-4-1)38-30-39(34-16-5-2-6-17-34)32-40(31-38)48-45-23-11-9-21-43(45)47(44-22-10-12-24-46(44)48)37-28-26-36(27-29-37)42-25-13-19-35-18-7-8-20-41(35)42/h1-32H. The summed E-state index contributed by atoms with van der Waals surface area (Å²) in [5.41, 5.74) is 12.3. The second kappa shape index (κ2) is 11.8. The van der Waals surface area contributed by atoms with Gasteiger partial charge in [-0.05, 0) is 106 Å². The van der Waals surface area contributed by atoms with Crippen LogP contribution in [-0.4, -0.2) is 0 Å². The summed E-state index contributed by atoms with van der Waals surface area (Å²) in [5.74, 6) is 0. The number of rotatable bonds is 5. The summed E-state index contributed by atoms with van der Waals surface area (Å²) in [6, 6.07) is 70.7. The molecule has 0 saturated carbocycles. The minimum absolute atomic E-state index is 1.22. The Kier molecular flexibility index (Phi) is 6.91. The molecule has 0 spiro atoms. The van der Waals surface area contributed by atoms with Crippen molar-refractivity contribution < 1.29 is 0 Å². The van der Waals surface area contributed by atoms with Crippen molar-refractivity contribution in [3.8, 4) is 55.6 Å². The quantitative estimate of drug-likeness (QED) is 0.171. The van der Waals surface area contributed by atoms with Crippen molar-refractivity contribution in [3.63, 3.8) is 0 Å². The average Bonchev–Trinajstić information content (AvgIpc) is 3.17. The second-order valence-corrected chi connectivity index (χ2v) is 12.5. The second-order valence-electron chi connectivity index (χ2n) is 12.5. The van der Waals surface area contributed by atoms with Crippen molar-refractivity contribution in [2.75, 3.05) is 0 Å². The Morgan fingerprint density at radius 2 is 0.604 bits per heavy atom. The third-order valence-corrected chi connectivity index (χ3v) is 9.64. The first-order chi connectivity index (χ1) is 23.8. The van der Waals surface area contributed by atoms with Gasteiger partial charge in [-0.1, -0.05) is 176 Å². The molecular weight excluding hydrogens is 577 g/mol. The smallest absolute Gasteiger partial charge is 0.00259 e. The van der Waals surface area contributed by atoms with Gasteiger partial charge in [0, 0.05) is 0 Å². The van der Waals surface area contributed by atoms with Gasteiger partial charge >= 0.3 is 0 Å². The van der Waals surface area contributed by atoms with Crippen LogP contribution in [0.25, 0.3) is 88.0 Å². The van der Waals surface area contributed by atoms with Gasteiger partial charge in [-0.15, -0.1) is 0 Å². The van der Waals surface area contributed by atoms with Crippen LogP contribution in [0.2, 0.25) is 0 Å². The molecule has 0 fully saturated rings. The lowest BCUT2D eigenvalue weighted by Crippen LogP contribution is -1.92. The van der Waals surface area contributed by atoms with E-state index in [1.54, 1.807) is 0 Å². The first-order valence-electron chi connectivity index (χ1n) is 16.6. The lowest BCUT2D eigenvalue weighted by molar-refractivity contribution is 1.58. The van der Waals surface area contributed by atoms with E-state index in [1.165, 1.54) is 88.0 Å². The SMILES string of the molecule is c1ccc(-c2cc(-c3ccccc3)cc(-c3c4ccccc4c(-c4ccc(-c5cccc6ccccc56)cc4)c4ccccc34)c2)cc1. The van der Waals surface area contributed by atoms with Gasteiger partial charge in [-0.2, -0.15) is 0 Å². The molecule has 0 bridgehead atoms. The van der Waals surface area contributed by atoms with Gasteiger partial charge in [0.1, 0.15) is 0 Å². The van der Waals surface area contributed by atoms with Gasteiger partial charge in [0.2, 0.25) is 0 Å². The Morgan fingerprint density at radius 3 is 1.15 bits per heavy atom. The Morgan fingerprint density at radius 1 is 0.208 bits per heavy atom. The van der Waals surface area contributed by atoms with E-state index < -0.39 is 0 Å². The molecule has 0 nitrogen and oxygen atoms in total. The van der Waals surface area contributed by atoms with Crippen LogP contribution in [0.3, 0.4) is 0 Å². The molecule has 9 aromatic carbocycles. The molecule has 0 saturated heterocycles. The van der Waals surface area contributed by atoms with Gasteiger partial charge in [0.25, 0.3) is 0 Å². The van der Waals surface area contributed by atoms with Crippen LogP contribution in [0.4, 0.5) is 0 Å². The topological polar surface area (TPSA) is 0 Å². The molecule has 0 N–H and O–H groups in total. The molecule has 0 aliphatic carbocycles. The minimum Gasteiger partial charge on any atom is -0.0622 e. The lowest BCUT2D eigenvalue weighted by Gasteiger charge is -2.19. The van der Waals surface area contributed by atoms with Gasteiger partial charge in [0.05, 0.1) is 0 Å². The summed E-state index contributed by atoms with van der Waals surface area (Å²) in [6.07, 6.45) is 0. The molecule has 0 unspecified atom stereocenters. The molecule has 9 rings (SSSR count). The first kappa shape index (κ1) is 28.0. The molecule has 0 amide bonds. The maximum absolute atomic E-state index is 2.37. The fourth-order valence-electron chi connectivity index (χ4n) is 7.41. The molecule has 0 atom stereocenters. The van der Waals surface area contributed by atoms with Crippen molar-refractivity contribution in [1.82, 2.24) is 0 Å². The van der Waals surface area contributed by atoms with Crippen LogP contribution in [0.1, 0.15) is 0 Å². The predicted octanol–water partition coefficient (Wildman–Crippen LogP) is 13.5. The Bertz CT molecular complexity index is 2460. The van der Waals surface area contributed by atoms with E-state index in [4.69, 9.17) is 0 Å². The largest absolute Gasteiger partial charge is 0.0622 e. The van der Waals surface area contributed by atoms with Crippen molar-refractivity contribution in [1.29, 1.82) is 0 Å². The zero-order valence-corrected chi connectivity index (χ0v) is 26.5. The summed E-state index contributed by atoms with van der Waals surface area (Å²) >= 11 is 0. The van der Waals surface area contributed by atoms with Crippen LogP contribution < -0.4 is 0 Å². The maximum Gasteiger partial charge on any atom is -0.00259 e. The van der Waals surface area contributed by atoms with E-state index in [1.807, 2.05) is 0 Å². The van der Waals surface area contributed by atoms with E-state index >= 15 is 0 Å². The van der Waals surface area contributed by atoms with Crippen LogP contribution >= 0.6 is 0 Å². The summed E-state index contributed by atoms with van der Waals surface area (Å²) < 4.78 is 0. The van der Waals surface area contributed by atoms with Gasteiger partial charge in [-0.3, -0.25) is 0 Å². The van der Waals surface area contributed by atoms with E-state index in [0.717, 1.165) is 0 Å². The number of fused-ring (bicyclic) bond motifs is 3. The molecule has 0 heteroatoms. The minimum atomic E-state index is 1.22. The Balaban J connectivity index is 1.27. The number of benzene rings is 9. The van der Waals surface area contributed by atoms with Crippen LogP contribution in [0, 0.1) is 0 Å². The maximum atomic E-state index is 2.37. The molecule has 9 aromatic rings. The van der Waals surface area contributed by atoms with Crippen LogP contribution in [-0.2, 0) is 0 Å². The van der Waals surface area contributed by atoms with E-state index in [2.05, 4.69) is 194 Å². The van der Waals surface area contributed by atoms with Crippen LogP contribution in [0.15, 0.2) is 194 Å². The monoisotopic (exact) mass is 608 g/mol. The third-order valence-electron chi connectivity index (χ3n) is 9.64. The molecule has 224 valence electrons. The Hall–Kier alpha value is -6.24. The molecule has 48 heavy (non-hydrogen) atoms. The van der Waals surface area contributed by atoms with Crippen molar-refractivity contribution in [2.45, 2.75) is 0 Å². The Labute approximate surface area is 281 Å². The highest BCUT2D eigenvalue weighted by atomic mass is 14.2. The first-order valence-corrected chi connectivity index (χ1v) is 16.6. The van der Waals surface area contributed by atoms with E-state index in [9.17, 15) is 0 Å². The number of hydrogen-bond acceptors (Lipinski definition) is 0. The van der Waals surface area contributed by atoms with Crippen molar-refractivity contribution in [3.05, 3.63) is 194 Å². The lowest BCUT2D eigenvalue weighted by atomic mass is 9.84. The van der Waals surface area contributed by atoms with Crippen molar-refractivity contribution in [2.24, 2.45) is 0 Å². The summed E-state index contributed by atoms with van der Waals surface area (Å²) in [6.45, 7) is 0. The van der Waals surface area contributed by atoms with E-state index in [-0.39, 0.29) is 0 Å². The molecule has 0 aromatic heterocycles. The normalized spacial score (nSPS) is 11.3. The van der Waals surface area contributed by atoms with Gasteiger partial charge in [-0.25, -0.2) is 0 Å². The highest BCUT2D eigenvalue weighted by Crippen LogP contribution is 2.45. The highest BCUT2D eigenvalue weighted by molar-refractivity contribution is 6.21. The number of hydrogen-bond donors (Lipinski definition) is 0. The van der Waals surface area contributed by atoms with Gasteiger partial charge in [0.15, 0.2) is 0 Å². The third kappa shape index (κ3) is 4.87. The molecule has 0 aliphatic heterocycles. The summed E-state index contributed by atoms with van der Waals surface area (Å²) in [5, 5.41) is 7.58. The zero-order valence-electron chi connectivity index (χ0n) is 26.5. The molecule has 0 radical (unpaired) electrons. The average molecular weight is 609 g/mol. The van der Waals surface area contributed by atoms with E-state index in [0.29, 0.717) is 0 Å². The molecular formula is C48H32. The fourth-order valence-corrected chi connectivity index (χ4v) is 7.41. The summed E-state index contributed by atoms with van der Waals surface area (Å²) in [7, 11) is 0. The fraction of sp³-hybridized carbons (Fsp3) is 0. The zero-order chi connectivity index (χ0) is 31.9. The van der Waals surface area contributed by atoms with Crippen LogP contribution in [0.5, 0.6) is 0 Å². The molecule has 0 aliphatic rings. The van der Waals surface area contributed by atoms with Crippen molar-refractivity contribution >= 4 is 32.3 Å². The predicted molar refractivity (Wildman–Crippen MR) is 206 cm³/mol. The molecule has 0 heterocycles. The highest BCUT2D eigenvalue weighted by Gasteiger charge is 2.18.